The summed E-state index contributed by atoms with van der Waals surface area (Å²) in [6.45, 7) is 15.8. The van der Waals surface area contributed by atoms with Crippen LogP contribution >= 0.6 is 0 Å². The van der Waals surface area contributed by atoms with Crippen LogP contribution in [0.5, 0.6) is 0 Å². The van der Waals surface area contributed by atoms with Crippen molar-refractivity contribution in [2.45, 2.75) is 26.3 Å². The Hall–Kier alpha value is -0.540. The first-order chi connectivity index (χ1) is 6.95. The van der Waals surface area contributed by atoms with Gasteiger partial charge in [-0.1, -0.05) is 6.58 Å². The molecule has 15 heavy (non-hydrogen) atoms. The first-order valence-electron chi connectivity index (χ1n) is 5.62. The molecular weight excluding hydrogens is 188 g/mol. The molecule has 1 heterocycles. The summed E-state index contributed by atoms with van der Waals surface area (Å²) in [6, 6.07) is 0. The van der Waals surface area contributed by atoms with Gasteiger partial charge < -0.3 is 9.64 Å². The van der Waals surface area contributed by atoms with Crippen LogP contribution in [0.25, 0.3) is 0 Å². The summed E-state index contributed by atoms with van der Waals surface area (Å²) < 4.78 is 5.09. The highest BCUT2D eigenvalue weighted by Gasteiger charge is 2.27. The van der Waals surface area contributed by atoms with Crippen molar-refractivity contribution < 1.29 is 4.74 Å². The lowest BCUT2D eigenvalue weighted by Crippen LogP contribution is -2.52. The number of piperazine rings is 1. The second kappa shape index (κ2) is 4.99. The van der Waals surface area contributed by atoms with Gasteiger partial charge in [0.05, 0.1) is 6.61 Å². The van der Waals surface area contributed by atoms with Crippen molar-refractivity contribution in [3.63, 3.8) is 0 Å². The van der Waals surface area contributed by atoms with Gasteiger partial charge in [-0.2, -0.15) is 0 Å². The van der Waals surface area contributed by atoms with Crippen molar-refractivity contribution in [3.05, 3.63) is 12.3 Å². The number of hydrogen-bond donors (Lipinski definition) is 0. The quantitative estimate of drug-likeness (QED) is 0.706. The summed E-state index contributed by atoms with van der Waals surface area (Å²) in [4.78, 5) is 4.80. The van der Waals surface area contributed by atoms with E-state index in [1.165, 1.54) is 5.70 Å². The molecule has 1 rings (SSSR count). The lowest BCUT2D eigenvalue weighted by atomic mass is 10.0. The van der Waals surface area contributed by atoms with Crippen LogP contribution in [0, 0.1) is 0 Å². The minimum Gasteiger partial charge on any atom is -0.383 e. The van der Waals surface area contributed by atoms with E-state index >= 15 is 0 Å². The normalized spacial score (nSPS) is 19.7. The first-order valence-corrected chi connectivity index (χ1v) is 5.62. The van der Waals surface area contributed by atoms with Crippen LogP contribution in [-0.4, -0.2) is 55.2 Å². The maximum absolute atomic E-state index is 5.09. The summed E-state index contributed by atoms with van der Waals surface area (Å²) in [5.74, 6) is 0. The molecule has 0 saturated carbocycles. The first kappa shape index (κ1) is 12.5. The molecule has 0 aromatic rings. The molecule has 0 bridgehead atoms. The Balaban J connectivity index is 2.45. The SMILES string of the molecule is C=C1CN(C(C)(C)C)CCN1CCOC. The highest BCUT2D eigenvalue weighted by atomic mass is 16.5. The monoisotopic (exact) mass is 212 g/mol. The van der Waals surface area contributed by atoms with Gasteiger partial charge in [-0.25, -0.2) is 0 Å². The zero-order valence-corrected chi connectivity index (χ0v) is 10.5. The van der Waals surface area contributed by atoms with E-state index in [1.807, 2.05) is 0 Å². The van der Waals surface area contributed by atoms with E-state index in [4.69, 9.17) is 4.74 Å². The molecule has 0 amide bonds. The third kappa shape index (κ3) is 3.50. The van der Waals surface area contributed by atoms with Crippen molar-refractivity contribution >= 4 is 0 Å². The molecule has 0 radical (unpaired) electrons. The highest BCUT2D eigenvalue weighted by molar-refractivity contribution is 5.03. The van der Waals surface area contributed by atoms with Gasteiger partial charge in [0.1, 0.15) is 0 Å². The molecule has 3 heteroatoms. The Labute approximate surface area is 93.7 Å². The fourth-order valence-corrected chi connectivity index (χ4v) is 1.84. The van der Waals surface area contributed by atoms with Gasteiger partial charge in [0.25, 0.3) is 0 Å². The molecular formula is C12H24N2O. The predicted molar refractivity (Wildman–Crippen MR) is 63.9 cm³/mol. The highest BCUT2D eigenvalue weighted by Crippen LogP contribution is 2.20. The fourth-order valence-electron chi connectivity index (χ4n) is 1.84. The van der Waals surface area contributed by atoms with E-state index in [1.54, 1.807) is 7.11 Å². The maximum Gasteiger partial charge on any atom is 0.0637 e. The molecule has 0 spiro atoms. The lowest BCUT2D eigenvalue weighted by Gasteiger charge is -2.44. The van der Waals surface area contributed by atoms with Crippen molar-refractivity contribution in [2.24, 2.45) is 0 Å². The fraction of sp³-hybridized carbons (Fsp3) is 0.833. The predicted octanol–water partition coefficient (Wildman–Crippen LogP) is 1.56. The average Bonchev–Trinajstić information content (AvgIpc) is 2.14. The van der Waals surface area contributed by atoms with Crippen LogP contribution in [0.1, 0.15) is 20.8 Å². The Morgan fingerprint density at radius 2 is 2.00 bits per heavy atom. The molecule has 0 unspecified atom stereocenters. The summed E-state index contributed by atoms with van der Waals surface area (Å²) in [5, 5.41) is 0. The van der Waals surface area contributed by atoms with E-state index in [9.17, 15) is 0 Å². The number of methoxy groups -OCH3 is 1. The van der Waals surface area contributed by atoms with Crippen LogP contribution < -0.4 is 0 Å². The van der Waals surface area contributed by atoms with E-state index in [0.29, 0.717) is 0 Å². The zero-order chi connectivity index (χ0) is 11.5. The zero-order valence-electron chi connectivity index (χ0n) is 10.5. The second-order valence-corrected chi connectivity index (χ2v) is 5.14. The summed E-state index contributed by atoms with van der Waals surface area (Å²) >= 11 is 0. The Morgan fingerprint density at radius 3 is 2.47 bits per heavy atom. The van der Waals surface area contributed by atoms with E-state index in [-0.39, 0.29) is 5.54 Å². The molecule has 0 aliphatic carbocycles. The smallest absolute Gasteiger partial charge is 0.0637 e. The summed E-state index contributed by atoms with van der Waals surface area (Å²) in [6.07, 6.45) is 0. The van der Waals surface area contributed by atoms with Crippen molar-refractivity contribution in [1.29, 1.82) is 0 Å². The Kier molecular flexibility index (Phi) is 4.17. The van der Waals surface area contributed by atoms with Crippen molar-refractivity contribution in [2.75, 3.05) is 39.9 Å². The Bertz CT molecular complexity index is 220. The lowest BCUT2D eigenvalue weighted by molar-refractivity contribution is 0.0780. The third-order valence-electron chi connectivity index (χ3n) is 2.97. The molecule has 0 aromatic carbocycles. The third-order valence-corrected chi connectivity index (χ3v) is 2.97. The molecule has 1 aliphatic heterocycles. The average molecular weight is 212 g/mol. The summed E-state index contributed by atoms with van der Waals surface area (Å²) in [5.41, 5.74) is 1.46. The minimum atomic E-state index is 0.246. The number of hydrogen-bond acceptors (Lipinski definition) is 3. The van der Waals surface area contributed by atoms with Crippen molar-refractivity contribution in [3.8, 4) is 0 Å². The molecule has 88 valence electrons. The summed E-state index contributed by atoms with van der Waals surface area (Å²) in [7, 11) is 1.74. The van der Waals surface area contributed by atoms with Crippen LogP contribution in [0.4, 0.5) is 0 Å². The van der Waals surface area contributed by atoms with Crippen LogP contribution in [0.3, 0.4) is 0 Å². The van der Waals surface area contributed by atoms with Gasteiger partial charge in [-0.15, -0.1) is 0 Å². The molecule has 1 fully saturated rings. The standard InChI is InChI=1S/C12H24N2O/c1-11-10-14(12(2,3)4)7-6-13(11)8-9-15-5/h1,6-10H2,2-5H3. The van der Waals surface area contributed by atoms with E-state index in [0.717, 1.165) is 32.8 Å². The molecule has 0 atom stereocenters. The van der Waals surface area contributed by atoms with Crippen LogP contribution in [0.15, 0.2) is 12.3 Å². The number of nitrogens with zero attached hydrogens (tertiary/aromatic N) is 2. The molecule has 3 nitrogen and oxygen atoms in total. The van der Waals surface area contributed by atoms with Gasteiger partial charge in [0.15, 0.2) is 0 Å². The minimum absolute atomic E-state index is 0.246. The molecule has 0 aromatic heterocycles. The van der Waals surface area contributed by atoms with E-state index < -0.39 is 0 Å². The number of ether oxygens (including phenoxy) is 1. The topological polar surface area (TPSA) is 15.7 Å². The van der Waals surface area contributed by atoms with Gasteiger partial charge in [0, 0.05) is 44.5 Å². The van der Waals surface area contributed by atoms with Gasteiger partial charge in [-0.05, 0) is 20.8 Å². The second-order valence-electron chi connectivity index (χ2n) is 5.14. The number of rotatable bonds is 3. The molecule has 0 N–H and O–H groups in total. The van der Waals surface area contributed by atoms with Crippen LogP contribution in [-0.2, 0) is 4.74 Å². The van der Waals surface area contributed by atoms with E-state index in [2.05, 4.69) is 37.1 Å². The van der Waals surface area contributed by atoms with Gasteiger partial charge in [0.2, 0.25) is 0 Å². The molecule has 1 saturated heterocycles. The molecule has 1 aliphatic rings. The van der Waals surface area contributed by atoms with Crippen LogP contribution in [0.2, 0.25) is 0 Å². The Morgan fingerprint density at radius 1 is 1.33 bits per heavy atom. The van der Waals surface area contributed by atoms with Crippen molar-refractivity contribution in [1.82, 2.24) is 9.80 Å². The maximum atomic E-state index is 5.09. The largest absolute Gasteiger partial charge is 0.383 e. The van der Waals surface area contributed by atoms with Gasteiger partial charge in [-0.3, -0.25) is 4.90 Å². The van der Waals surface area contributed by atoms with Gasteiger partial charge >= 0.3 is 0 Å².